The van der Waals surface area contributed by atoms with Crippen molar-refractivity contribution in [2.45, 2.75) is 44.7 Å². The maximum atomic E-state index is 12.0. The molecule has 5 nitrogen and oxygen atoms in total. The smallest absolute Gasteiger partial charge is 0.271 e. The van der Waals surface area contributed by atoms with Gasteiger partial charge in [0, 0.05) is 24.8 Å². The second kappa shape index (κ2) is 4.87. The molecule has 1 aliphatic carbocycles. The zero-order valence-electron chi connectivity index (χ0n) is 10.3. The molecule has 0 saturated heterocycles. The second-order valence-corrected chi connectivity index (χ2v) is 4.73. The zero-order valence-corrected chi connectivity index (χ0v) is 10.3. The molecule has 0 spiro atoms. The van der Waals surface area contributed by atoms with Gasteiger partial charge >= 0.3 is 0 Å². The third-order valence-electron chi connectivity index (χ3n) is 3.62. The summed E-state index contributed by atoms with van der Waals surface area (Å²) in [6, 6.07) is 0. The van der Waals surface area contributed by atoms with Gasteiger partial charge in [0.1, 0.15) is 5.69 Å². The molecule has 1 saturated carbocycles. The summed E-state index contributed by atoms with van der Waals surface area (Å²) >= 11 is 0. The highest BCUT2D eigenvalue weighted by molar-refractivity contribution is 5.92. The first kappa shape index (κ1) is 12.1. The lowest BCUT2D eigenvalue weighted by molar-refractivity contribution is 0.0815. The van der Waals surface area contributed by atoms with Crippen molar-refractivity contribution in [1.29, 1.82) is 0 Å². The van der Waals surface area contributed by atoms with Crippen LogP contribution in [-0.2, 0) is 6.54 Å². The lowest BCUT2D eigenvalue weighted by Crippen LogP contribution is -2.53. The fourth-order valence-corrected chi connectivity index (χ4v) is 2.22. The minimum atomic E-state index is -0.0673. The predicted octanol–water partition coefficient (Wildman–Crippen LogP) is 0.904. The number of amides is 1. The monoisotopic (exact) mass is 236 g/mol. The van der Waals surface area contributed by atoms with E-state index < -0.39 is 0 Å². The highest BCUT2D eigenvalue weighted by atomic mass is 16.2. The van der Waals surface area contributed by atoms with Gasteiger partial charge in [0.05, 0.1) is 6.33 Å². The summed E-state index contributed by atoms with van der Waals surface area (Å²) < 4.78 is 1.84. The van der Waals surface area contributed by atoms with E-state index in [2.05, 4.69) is 17.2 Å². The lowest BCUT2D eigenvalue weighted by Gasteiger charge is -2.41. The largest absolute Gasteiger partial charge is 0.345 e. The second-order valence-electron chi connectivity index (χ2n) is 4.73. The Kier molecular flexibility index (Phi) is 3.47. The van der Waals surface area contributed by atoms with Crippen LogP contribution in [0.1, 0.15) is 43.1 Å². The summed E-state index contributed by atoms with van der Waals surface area (Å²) in [5.74, 6) is -0.0673. The van der Waals surface area contributed by atoms with Gasteiger partial charge in [-0.05, 0) is 25.7 Å². The van der Waals surface area contributed by atoms with E-state index in [0.717, 1.165) is 19.3 Å². The van der Waals surface area contributed by atoms with Crippen LogP contribution in [0, 0.1) is 0 Å². The van der Waals surface area contributed by atoms with Crippen LogP contribution in [0.5, 0.6) is 0 Å². The molecule has 0 aromatic carbocycles. The highest BCUT2D eigenvalue weighted by Crippen LogP contribution is 2.34. The first-order chi connectivity index (χ1) is 8.19. The maximum Gasteiger partial charge on any atom is 0.271 e. The number of imidazole rings is 1. The van der Waals surface area contributed by atoms with Crippen LogP contribution in [0.25, 0.3) is 0 Å². The Labute approximate surface area is 101 Å². The van der Waals surface area contributed by atoms with Crippen LogP contribution < -0.4 is 11.1 Å². The van der Waals surface area contributed by atoms with Gasteiger partial charge in [-0.15, -0.1) is 0 Å². The van der Waals surface area contributed by atoms with Crippen molar-refractivity contribution in [3.63, 3.8) is 0 Å². The van der Waals surface area contributed by atoms with Crippen molar-refractivity contribution in [1.82, 2.24) is 14.9 Å². The average Bonchev–Trinajstić information content (AvgIpc) is 2.72. The molecule has 1 heterocycles. The van der Waals surface area contributed by atoms with Gasteiger partial charge in [0.15, 0.2) is 0 Å². The van der Waals surface area contributed by atoms with Crippen molar-refractivity contribution < 1.29 is 4.79 Å². The van der Waals surface area contributed by atoms with Crippen LogP contribution >= 0.6 is 0 Å². The van der Waals surface area contributed by atoms with Crippen molar-refractivity contribution in [3.05, 3.63) is 18.2 Å². The van der Waals surface area contributed by atoms with Gasteiger partial charge in [-0.2, -0.15) is 0 Å². The standard InChI is InChI=1S/C12H20N4O/c1-2-12(4-3-5-12)15-11(17)10-8-16(7-6-13)9-14-10/h8-9H,2-7,13H2,1H3,(H,15,17). The van der Waals surface area contributed by atoms with Crippen molar-refractivity contribution in [3.8, 4) is 0 Å². The van der Waals surface area contributed by atoms with Crippen molar-refractivity contribution in [2.75, 3.05) is 6.54 Å². The molecule has 0 radical (unpaired) electrons. The summed E-state index contributed by atoms with van der Waals surface area (Å²) in [5, 5.41) is 3.11. The molecule has 1 fully saturated rings. The first-order valence-electron chi connectivity index (χ1n) is 6.23. The number of nitrogens with one attached hydrogen (secondary N) is 1. The number of carbonyl (C=O) groups is 1. The number of nitrogens with zero attached hydrogens (tertiary/aromatic N) is 2. The molecular formula is C12H20N4O. The molecule has 94 valence electrons. The minimum absolute atomic E-state index is 0.0226. The van der Waals surface area contributed by atoms with Crippen molar-refractivity contribution in [2.24, 2.45) is 5.73 Å². The molecular weight excluding hydrogens is 216 g/mol. The molecule has 0 bridgehead atoms. The van der Waals surface area contributed by atoms with Crippen LogP contribution in [0.3, 0.4) is 0 Å². The van der Waals surface area contributed by atoms with E-state index in [9.17, 15) is 4.79 Å². The topological polar surface area (TPSA) is 72.9 Å². The van der Waals surface area contributed by atoms with Crippen LogP contribution in [0.15, 0.2) is 12.5 Å². The lowest BCUT2D eigenvalue weighted by atomic mass is 9.75. The number of aromatic nitrogens is 2. The normalized spacial score (nSPS) is 17.5. The SMILES string of the molecule is CCC1(NC(=O)c2cn(CCN)cn2)CCC1. The number of hydrogen-bond acceptors (Lipinski definition) is 3. The molecule has 0 atom stereocenters. The summed E-state index contributed by atoms with van der Waals surface area (Å²) in [5.41, 5.74) is 5.96. The minimum Gasteiger partial charge on any atom is -0.345 e. The molecule has 1 aromatic rings. The highest BCUT2D eigenvalue weighted by Gasteiger charge is 2.36. The molecule has 17 heavy (non-hydrogen) atoms. The van der Waals surface area contributed by atoms with E-state index >= 15 is 0 Å². The van der Waals surface area contributed by atoms with Crippen LogP contribution in [-0.4, -0.2) is 27.5 Å². The van der Waals surface area contributed by atoms with Gasteiger partial charge in [-0.1, -0.05) is 6.92 Å². The number of nitrogens with two attached hydrogens (primary N) is 1. The molecule has 5 heteroatoms. The summed E-state index contributed by atoms with van der Waals surface area (Å²) in [6.45, 7) is 3.36. The average molecular weight is 236 g/mol. The van der Waals surface area contributed by atoms with E-state index in [1.807, 2.05) is 4.57 Å². The Bertz CT molecular complexity index is 389. The quantitative estimate of drug-likeness (QED) is 0.798. The van der Waals surface area contributed by atoms with Crippen molar-refractivity contribution >= 4 is 5.91 Å². The Morgan fingerprint density at radius 3 is 2.94 bits per heavy atom. The van der Waals surface area contributed by atoms with Crippen LogP contribution in [0.2, 0.25) is 0 Å². The predicted molar refractivity (Wildman–Crippen MR) is 65.6 cm³/mol. The molecule has 3 N–H and O–H groups in total. The van der Waals surface area contributed by atoms with Gasteiger partial charge in [-0.25, -0.2) is 4.98 Å². The molecule has 0 unspecified atom stereocenters. The van der Waals surface area contributed by atoms with Gasteiger partial charge in [-0.3, -0.25) is 4.79 Å². The molecule has 1 aliphatic rings. The zero-order chi connectivity index (χ0) is 12.3. The third kappa shape index (κ3) is 2.49. The van der Waals surface area contributed by atoms with E-state index in [0.29, 0.717) is 18.8 Å². The van der Waals surface area contributed by atoms with Crippen LogP contribution in [0.4, 0.5) is 0 Å². The van der Waals surface area contributed by atoms with Gasteiger partial charge < -0.3 is 15.6 Å². The van der Waals surface area contributed by atoms with Gasteiger partial charge in [0.2, 0.25) is 0 Å². The van der Waals surface area contributed by atoms with E-state index in [-0.39, 0.29) is 11.4 Å². The summed E-state index contributed by atoms with van der Waals surface area (Å²) in [6.07, 6.45) is 7.76. The van der Waals surface area contributed by atoms with E-state index in [1.165, 1.54) is 6.42 Å². The fourth-order valence-electron chi connectivity index (χ4n) is 2.22. The molecule has 1 aromatic heterocycles. The van der Waals surface area contributed by atoms with E-state index in [1.54, 1.807) is 12.5 Å². The Hall–Kier alpha value is -1.36. The Morgan fingerprint density at radius 1 is 1.65 bits per heavy atom. The number of hydrogen-bond donors (Lipinski definition) is 2. The molecule has 1 amide bonds. The summed E-state index contributed by atoms with van der Waals surface area (Å²) in [7, 11) is 0. The Morgan fingerprint density at radius 2 is 2.41 bits per heavy atom. The number of carbonyl (C=O) groups excluding carboxylic acids is 1. The van der Waals surface area contributed by atoms with E-state index in [4.69, 9.17) is 5.73 Å². The first-order valence-corrected chi connectivity index (χ1v) is 6.23. The Balaban J connectivity index is 1.99. The third-order valence-corrected chi connectivity index (χ3v) is 3.62. The summed E-state index contributed by atoms with van der Waals surface area (Å²) in [4.78, 5) is 16.1. The number of rotatable bonds is 5. The van der Waals surface area contributed by atoms with Gasteiger partial charge in [0.25, 0.3) is 5.91 Å². The molecule has 2 rings (SSSR count). The maximum absolute atomic E-state index is 12.0. The molecule has 0 aliphatic heterocycles. The fraction of sp³-hybridized carbons (Fsp3) is 0.667.